The van der Waals surface area contributed by atoms with Gasteiger partial charge in [-0.2, -0.15) is 0 Å². The van der Waals surface area contributed by atoms with E-state index in [4.69, 9.17) is 4.74 Å². The van der Waals surface area contributed by atoms with Gasteiger partial charge in [-0.3, -0.25) is 19.2 Å². The van der Waals surface area contributed by atoms with E-state index in [1.54, 1.807) is 29.2 Å². The van der Waals surface area contributed by atoms with Crippen LogP contribution in [0.4, 0.5) is 5.69 Å². The van der Waals surface area contributed by atoms with Crippen LogP contribution in [-0.4, -0.2) is 47.7 Å². The van der Waals surface area contributed by atoms with E-state index in [2.05, 4.69) is 5.32 Å². The molecule has 1 atom stereocenters. The number of likely N-dealkylation sites (tertiary alicyclic amines) is 1. The second kappa shape index (κ2) is 8.54. The number of amides is 2. The number of carbonyl (C=O) groups is 4. The average Bonchev–Trinajstić information content (AvgIpc) is 3.01. The largest absolute Gasteiger partial charge is 0.457 e. The molecule has 28 heavy (non-hydrogen) atoms. The second-order valence-corrected chi connectivity index (χ2v) is 8.35. The quantitative estimate of drug-likeness (QED) is 0.597. The lowest BCUT2D eigenvalue weighted by atomic mass is 9.95. The molecule has 0 radical (unpaired) electrons. The SMILES string of the molecule is CC(C)N1CC(C(=O)OCC(=O)c2ccc(NC(=O)C(C)(C)C)cc2)CC1=O. The van der Waals surface area contributed by atoms with Crippen molar-refractivity contribution in [1.29, 1.82) is 0 Å². The lowest BCUT2D eigenvalue weighted by Gasteiger charge is -2.20. The highest BCUT2D eigenvalue weighted by atomic mass is 16.5. The van der Waals surface area contributed by atoms with Crippen molar-refractivity contribution in [3.63, 3.8) is 0 Å². The van der Waals surface area contributed by atoms with Gasteiger partial charge in [0, 0.05) is 35.7 Å². The van der Waals surface area contributed by atoms with Gasteiger partial charge in [0.05, 0.1) is 5.92 Å². The Morgan fingerprint density at radius 3 is 2.29 bits per heavy atom. The van der Waals surface area contributed by atoms with E-state index < -0.39 is 17.3 Å². The van der Waals surface area contributed by atoms with E-state index in [1.807, 2.05) is 34.6 Å². The number of hydrogen-bond donors (Lipinski definition) is 1. The van der Waals surface area contributed by atoms with Crippen LogP contribution in [0, 0.1) is 11.3 Å². The molecule has 1 heterocycles. The molecule has 1 saturated heterocycles. The Kier molecular flexibility index (Phi) is 6.59. The number of ketones is 1. The summed E-state index contributed by atoms with van der Waals surface area (Å²) < 4.78 is 5.12. The van der Waals surface area contributed by atoms with Crippen LogP contribution >= 0.6 is 0 Å². The molecule has 7 heteroatoms. The molecular formula is C21H28N2O5. The van der Waals surface area contributed by atoms with Crippen molar-refractivity contribution in [3.8, 4) is 0 Å². The van der Waals surface area contributed by atoms with Gasteiger partial charge in [-0.25, -0.2) is 0 Å². The molecule has 1 fully saturated rings. The van der Waals surface area contributed by atoms with Crippen LogP contribution in [0.3, 0.4) is 0 Å². The molecule has 152 valence electrons. The number of nitrogens with one attached hydrogen (secondary N) is 1. The molecule has 0 aromatic heterocycles. The van der Waals surface area contributed by atoms with E-state index in [-0.39, 0.29) is 36.7 Å². The molecule has 0 saturated carbocycles. The van der Waals surface area contributed by atoms with Crippen molar-refractivity contribution in [2.45, 2.75) is 47.1 Å². The summed E-state index contributed by atoms with van der Waals surface area (Å²) in [5.41, 5.74) is 0.453. The Morgan fingerprint density at radius 1 is 1.18 bits per heavy atom. The van der Waals surface area contributed by atoms with Crippen molar-refractivity contribution in [2.75, 3.05) is 18.5 Å². The van der Waals surface area contributed by atoms with Crippen LogP contribution < -0.4 is 5.32 Å². The van der Waals surface area contributed by atoms with Gasteiger partial charge < -0.3 is 15.0 Å². The molecular weight excluding hydrogens is 360 g/mol. The monoisotopic (exact) mass is 388 g/mol. The summed E-state index contributed by atoms with van der Waals surface area (Å²) in [5.74, 6) is -1.60. The smallest absolute Gasteiger partial charge is 0.311 e. The van der Waals surface area contributed by atoms with Crippen molar-refractivity contribution in [2.24, 2.45) is 11.3 Å². The number of rotatable bonds is 6. The molecule has 2 rings (SSSR count). The molecule has 1 aliphatic heterocycles. The Labute approximate surface area is 165 Å². The maximum absolute atomic E-state index is 12.3. The van der Waals surface area contributed by atoms with Crippen LogP contribution in [0.25, 0.3) is 0 Å². The minimum atomic E-state index is -0.530. The van der Waals surface area contributed by atoms with E-state index in [0.717, 1.165) is 0 Å². The molecule has 0 bridgehead atoms. The number of esters is 1. The van der Waals surface area contributed by atoms with E-state index in [9.17, 15) is 19.2 Å². The fraction of sp³-hybridized carbons (Fsp3) is 0.524. The average molecular weight is 388 g/mol. The fourth-order valence-corrected chi connectivity index (χ4v) is 2.78. The number of benzene rings is 1. The first-order chi connectivity index (χ1) is 13.0. The number of hydrogen-bond acceptors (Lipinski definition) is 5. The first kappa shape index (κ1) is 21.6. The number of nitrogens with zero attached hydrogens (tertiary/aromatic N) is 1. The van der Waals surface area contributed by atoms with Crippen molar-refractivity contribution in [3.05, 3.63) is 29.8 Å². The maximum atomic E-state index is 12.3. The minimum absolute atomic E-state index is 0.0317. The Hall–Kier alpha value is -2.70. The lowest BCUT2D eigenvalue weighted by Crippen LogP contribution is -2.33. The Bertz CT molecular complexity index is 762. The highest BCUT2D eigenvalue weighted by Gasteiger charge is 2.36. The normalized spacial score (nSPS) is 17.0. The number of anilines is 1. The highest BCUT2D eigenvalue weighted by Crippen LogP contribution is 2.22. The van der Waals surface area contributed by atoms with Crippen LogP contribution in [0.15, 0.2) is 24.3 Å². The Balaban J connectivity index is 1.87. The van der Waals surface area contributed by atoms with Gasteiger partial charge in [-0.05, 0) is 38.1 Å². The van der Waals surface area contributed by atoms with Crippen molar-refractivity contribution in [1.82, 2.24) is 4.90 Å². The van der Waals surface area contributed by atoms with Crippen LogP contribution in [0.2, 0.25) is 0 Å². The van der Waals surface area contributed by atoms with Gasteiger partial charge in [-0.1, -0.05) is 20.8 Å². The van der Waals surface area contributed by atoms with E-state index in [0.29, 0.717) is 17.8 Å². The predicted molar refractivity (Wildman–Crippen MR) is 105 cm³/mol. The molecule has 2 amide bonds. The zero-order valence-corrected chi connectivity index (χ0v) is 17.1. The van der Waals surface area contributed by atoms with Crippen molar-refractivity contribution >= 4 is 29.3 Å². The standard InChI is InChI=1S/C21H28N2O5/c1-13(2)23-11-15(10-18(23)25)19(26)28-12-17(24)14-6-8-16(9-7-14)22-20(27)21(3,4)5/h6-9,13,15H,10-12H2,1-5H3,(H,22,27). The van der Waals surface area contributed by atoms with Gasteiger partial charge in [0.15, 0.2) is 12.4 Å². The fourth-order valence-electron chi connectivity index (χ4n) is 2.78. The Morgan fingerprint density at radius 2 is 1.79 bits per heavy atom. The van der Waals surface area contributed by atoms with Crippen LogP contribution in [-0.2, 0) is 19.1 Å². The highest BCUT2D eigenvalue weighted by molar-refractivity contribution is 5.99. The second-order valence-electron chi connectivity index (χ2n) is 8.35. The molecule has 0 spiro atoms. The van der Waals surface area contributed by atoms with E-state index in [1.165, 1.54) is 0 Å². The summed E-state index contributed by atoms with van der Waals surface area (Å²) >= 11 is 0. The lowest BCUT2D eigenvalue weighted by molar-refractivity contribution is -0.147. The van der Waals surface area contributed by atoms with E-state index >= 15 is 0 Å². The molecule has 1 unspecified atom stereocenters. The summed E-state index contributed by atoms with van der Waals surface area (Å²) in [5, 5.41) is 2.78. The summed E-state index contributed by atoms with van der Waals surface area (Å²) in [6.45, 7) is 9.17. The summed E-state index contributed by atoms with van der Waals surface area (Å²) in [7, 11) is 0. The third-order valence-corrected chi connectivity index (χ3v) is 4.61. The predicted octanol–water partition coefficient (Wildman–Crippen LogP) is 2.65. The molecule has 1 aromatic rings. The van der Waals surface area contributed by atoms with Crippen LogP contribution in [0.5, 0.6) is 0 Å². The topological polar surface area (TPSA) is 92.8 Å². The summed E-state index contributed by atoms with van der Waals surface area (Å²) in [4.78, 5) is 49.9. The molecule has 1 aromatic carbocycles. The zero-order chi connectivity index (χ0) is 21.1. The molecule has 1 N–H and O–H groups in total. The summed E-state index contributed by atoms with van der Waals surface area (Å²) in [6.07, 6.45) is 0.118. The first-order valence-corrected chi connectivity index (χ1v) is 9.40. The molecule has 7 nitrogen and oxygen atoms in total. The van der Waals surface area contributed by atoms with Crippen molar-refractivity contribution < 1.29 is 23.9 Å². The van der Waals surface area contributed by atoms with Gasteiger partial charge in [0.2, 0.25) is 11.8 Å². The number of ether oxygens (including phenoxy) is 1. The molecule has 0 aliphatic carbocycles. The zero-order valence-electron chi connectivity index (χ0n) is 17.1. The minimum Gasteiger partial charge on any atom is -0.457 e. The van der Waals surface area contributed by atoms with Crippen LogP contribution in [0.1, 0.15) is 51.4 Å². The van der Waals surface area contributed by atoms with Gasteiger partial charge in [0.1, 0.15) is 0 Å². The van der Waals surface area contributed by atoms with Gasteiger partial charge in [0.25, 0.3) is 0 Å². The van der Waals surface area contributed by atoms with Gasteiger partial charge in [-0.15, -0.1) is 0 Å². The third kappa shape index (κ3) is 5.41. The maximum Gasteiger partial charge on any atom is 0.311 e. The van der Waals surface area contributed by atoms with Gasteiger partial charge >= 0.3 is 5.97 Å². The first-order valence-electron chi connectivity index (χ1n) is 9.40. The number of carbonyl (C=O) groups excluding carboxylic acids is 4. The number of Topliss-reactive ketones (excluding diaryl/α,β-unsaturated/α-hetero) is 1. The molecule has 1 aliphatic rings. The third-order valence-electron chi connectivity index (χ3n) is 4.61. The summed E-state index contributed by atoms with van der Waals surface area (Å²) in [6, 6.07) is 6.45.